The molecule has 2 rings (SSSR count). The van der Waals surface area contributed by atoms with E-state index in [0.717, 1.165) is 5.56 Å². The van der Waals surface area contributed by atoms with Crippen molar-refractivity contribution in [3.05, 3.63) is 35.8 Å². The molecular weight excluding hydrogens is 256 g/mol. The summed E-state index contributed by atoms with van der Waals surface area (Å²) >= 11 is 0. The summed E-state index contributed by atoms with van der Waals surface area (Å²) in [4.78, 5) is 0. The van der Waals surface area contributed by atoms with Crippen molar-refractivity contribution >= 4 is 6.98 Å². The van der Waals surface area contributed by atoms with Crippen molar-refractivity contribution in [1.82, 2.24) is 0 Å². The Balaban J connectivity index is 2.12. The van der Waals surface area contributed by atoms with E-state index in [4.69, 9.17) is 9.47 Å². The van der Waals surface area contributed by atoms with E-state index in [1.165, 1.54) is 0 Å². The van der Waals surface area contributed by atoms with Crippen LogP contribution in [-0.2, 0) is 6.42 Å². The maximum atomic E-state index is 12.4. The van der Waals surface area contributed by atoms with Crippen LogP contribution in [0.15, 0.2) is 30.3 Å². The Bertz CT molecular complexity index is 509. The van der Waals surface area contributed by atoms with Gasteiger partial charge < -0.3 is 22.4 Å². The van der Waals surface area contributed by atoms with E-state index < -0.39 is 19.1 Å². The highest BCUT2D eigenvalue weighted by Gasteiger charge is 2.33. The first-order valence-corrected chi connectivity index (χ1v) is 6.00. The molecule has 0 spiro atoms. The van der Waals surface area contributed by atoms with Gasteiger partial charge in [-0.05, 0) is 19.9 Å². The van der Waals surface area contributed by atoms with E-state index in [-0.39, 0.29) is 5.60 Å². The van der Waals surface area contributed by atoms with Crippen LogP contribution in [0, 0.1) is 0 Å². The highest BCUT2D eigenvalue weighted by atomic mass is 19.4. The SMILES string of the molecule is C=C(COc1cccc2c1OC(C)(C)C2)[B-](F)(F)F. The summed E-state index contributed by atoms with van der Waals surface area (Å²) in [6.45, 7) is 1.22. The van der Waals surface area contributed by atoms with Crippen LogP contribution in [0.1, 0.15) is 19.4 Å². The van der Waals surface area contributed by atoms with Crippen LogP contribution in [0.25, 0.3) is 0 Å². The summed E-state index contributed by atoms with van der Waals surface area (Å²) in [5.74, 6) is 0.874. The minimum absolute atomic E-state index is 0.337. The molecule has 0 atom stereocenters. The lowest BCUT2D eigenvalue weighted by molar-refractivity contribution is 0.133. The predicted octanol–water partition coefficient (Wildman–Crippen LogP) is 3.72. The van der Waals surface area contributed by atoms with Crippen molar-refractivity contribution in [3.8, 4) is 11.5 Å². The number of hydrogen-bond acceptors (Lipinski definition) is 2. The number of ether oxygens (including phenoxy) is 2. The second kappa shape index (κ2) is 4.51. The fourth-order valence-corrected chi connectivity index (χ4v) is 1.97. The summed E-state index contributed by atoms with van der Waals surface area (Å²) in [5, 5.41) is 0. The number of halogens is 3. The third kappa shape index (κ3) is 3.05. The molecule has 0 saturated carbocycles. The molecule has 0 radical (unpaired) electrons. The van der Waals surface area contributed by atoms with Crippen LogP contribution < -0.4 is 9.47 Å². The Morgan fingerprint density at radius 2 is 2.11 bits per heavy atom. The smallest absolute Gasteiger partial charge is 0.489 e. The fraction of sp³-hybridized carbons (Fsp3) is 0.385. The summed E-state index contributed by atoms with van der Waals surface area (Å²) in [5.41, 5.74) is -0.257. The van der Waals surface area contributed by atoms with E-state index in [1.807, 2.05) is 19.9 Å². The van der Waals surface area contributed by atoms with Gasteiger partial charge in [-0.3, -0.25) is 0 Å². The van der Waals surface area contributed by atoms with Crippen LogP contribution in [0.3, 0.4) is 0 Å². The molecule has 1 heterocycles. The molecule has 104 valence electrons. The lowest BCUT2D eigenvalue weighted by atomic mass is 9.81. The zero-order valence-electron chi connectivity index (χ0n) is 10.9. The van der Waals surface area contributed by atoms with Crippen molar-refractivity contribution in [2.24, 2.45) is 0 Å². The monoisotopic (exact) mass is 271 g/mol. The number of para-hydroxylation sites is 1. The molecule has 0 fully saturated rings. The van der Waals surface area contributed by atoms with Gasteiger partial charge in [-0.1, -0.05) is 12.1 Å². The molecule has 0 unspecified atom stereocenters. The number of benzene rings is 1. The van der Waals surface area contributed by atoms with Crippen molar-refractivity contribution in [1.29, 1.82) is 0 Å². The first kappa shape index (κ1) is 13.8. The van der Waals surface area contributed by atoms with Crippen LogP contribution in [0.2, 0.25) is 0 Å². The largest absolute Gasteiger partial charge is 0.508 e. The van der Waals surface area contributed by atoms with E-state index in [0.29, 0.717) is 17.9 Å². The Hall–Kier alpha value is -1.59. The average Bonchev–Trinajstić information content (AvgIpc) is 2.58. The van der Waals surface area contributed by atoms with Crippen LogP contribution in [0.4, 0.5) is 12.9 Å². The van der Waals surface area contributed by atoms with Gasteiger partial charge in [0.25, 0.3) is 0 Å². The molecule has 0 bridgehead atoms. The topological polar surface area (TPSA) is 18.5 Å². The van der Waals surface area contributed by atoms with Crippen molar-refractivity contribution in [3.63, 3.8) is 0 Å². The molecule has 0 N–H and O–H groups in total. The molecule has 0 aromatic heterocycles. The van der Waals surface area contributed by atoms with Gasteiger partial charge in [0.1, 0.15) is 5.60 Å². The van der Waals surface area contributed by atoms with E-state index in [1.54, 1.807) is 12.1 Å². The van der Waals surface area contributed by atoms with Gasteiger partial charge in [-0.2, -0.15) is 0 Å². The molecule has 0 aliphatic carbocycles. The average molecular weight is 271 g/mol. The highest BCUT2D eigenvalue weighted by Crippen LogP contribution is 2.41. The molecule has 1 aliphatic heterocycles. The summed E-state index contributed by atoms with van der Waals surface area (Å²) in [6.07, 6.45) is 0.712. The first-order valence-electron chi connectivity index (χ1n) is 6.00. The molecule has 0 saturated heterocycles. The zero-order valence-corrected chi connectivity index (χ0v) is 10.9. The molecule has 0 amide bonds. The second-order valence-electron chi connectivity index (χ2n) is 5.30. The van der Waals surface area contributed by atoms with E-state index in [9.17, 15) is 12.9 Å². The van der Waals surface area contributed by atoms with Crippen molar-refractivity contribution in [2.75, 3.05) is 6.61 Å². The number of fused-ring (bicyclic) bond motifs is 1. The first-order chi connectivity index (χ1) is 8.69. The molecule has 19 heavy (non-hydrogen) atoms. The Labute approximate surface area is 110 Å². The van der Waals surface area contributed by atoms with Crippen LogP contribution >= 0.6 is 0 Å². The van der Waals surface area contributed by atoms with Gasteiger partial charge in [-0.25, -0.2) is 0 Å². The summed E-state index contributed by atoms with van der Waals surface area (Å²) in [7, 11) is 0. The maximum Gasteiger partial charge on any atom is 0.508 e. The third-order valence-corrected chi connectivity index (χ3v) is 2.93. The Morgan fingerprint density at radius 3 is 2.74 bits per heavy atom. The molecule has 1 aliphatic rings. The minimum atomic E-state index is -5.06. The highest BCUT2D eigenvalue weighted by molar-refractivity contribution is 6.66. The van der Waals surface area contributed by atoms with Crippen LogP contribution in [-0.4, -0.2) is 19.2 Å². The lowest BCUT2D eigenvalue weighted by Crippen LogP contribution is -2.25. The van der Waals surface area contributed by atoms with Gasteiger partial charge in [0, 0.05) is 12.0 Å². The van der Waals surface area contributed by atoms with Gasteiger partial charge in [0.05, 0.1) is 6.61 Å². The molecule has 2 nitrogen and oxygen atoms in total. The van der Waals surface area contributed by atoms with Gasteiger partial charge in [0.2, 0.25) is 0 Å². The predicted molar refractivity (Wildman–Crippen MR) is 68.6 cm³/mol. The Morgan fingerprint density at radius 1 is 1.42 bits per heavy atom. The van der Waals surface area contributed by atoms with Crippen molar-refractivity contribution in [2.45, 2.75) is 25.9 Å². The van der Waals surface area contributed by atoms with Gasteiger partial charge in [-0.15, -0.1) is 12.1 Å². The third-order valence-electron chi connectivity index (χ3n) is 2.93. The number of rotatable bonds is 4. The molecule has 6 heteroatoms. The van der Waals surface area contributed by atoms with Crippen molar-refractivity contribution < 1.29 is 22.4 Å². The normalized spacial score (nSPS) is 16.7. The fourth-order valence-electron chi connectivity index (χ4n) is 1.97. The lowest BCUT2D eigenvalue weighted by Gasteiger charge is -2.20. The number of hydrogen-bond donors (Lipinski definition) is 0. The Kier molecular flexibility index (Phi) is 3.28. The van der Waals surface area contributed by atoms with E-state index >= 15 is 0 Å². The summed E-state index contributed by atoms with van der Waals surface area (Å²) < 4.78 is 48.1. The quantitative estimate of drug-likeness (QED) is 0.777. The molecule has 1 aromatic rings. The maximum absolute atomic E-state index is 12.4. The molecule has 1 aromatic carbocycles. The standard InChI is InChI=1S/C13H15BF3O2/c1-9(14(15,16)17)8-18-11-6-4-5-10-7-13(2,3)19-12(10)11/h4-6H,1,7-8H2,2-3H3/q-1. The van der Waals surface area contributed by atoms with Gasteiger partial charge in [0.15, 0.2) is 11.5 Å². The minimum Gasteiger partial charge on any atom is -0.489 e. The van der Waals surface area contributed by atoms with Crippen LogP contribution in [0.5, 0.6) is 11.5 Å². The zero-order chi connectivity index (χ0) is 14.3. The van der Waals surface area contributed by atoms with Gasteiger partial charge >= 0.3 is 6.98 Å². The van der Waals surface area contributed by atoms with E-state index in [2.05, 4.69) is 6.58 Å². The molecular formula is C13H15BF3O2-. The second-order valence-corrected chi connectivity index (χ2v) is 5.30. The summed E-state index contributed by atoms with van der Waals surface area (Å²) in [6, 6.07) is 5.25.